The lowest BCUT2D eigenvalue weighted by atomic mass is 9.69. The summed E-state index contributed by atoms with van der Waals surface area (Å²) in [6, 6.07) is 15.9. The van der Waals surface area contributed by atoms with Gasteiger partial charge in [0, 0.05) is 65.0 Å². The Bertz CT molecular complexity index is 2350. The Labute approximate surface area is 310 Å². The molecule has 4 aliphatic rings. The van der Waals surface area contributed by atoms with Gasteiger partial charge in [-0.15, -0.1) is 0 Å². The Morgan fingerprint density at radius 3 is 1.91 bits per heavy atom. The molecular weight excluding hydrogens is 696 g/mol. The predicted molar refractivity (Wildman–Crippen MR) is 190 cm³/mol. The maximum atomic E-state index is 13.4. The molecule has 2 N–H and O–H groups in total. The molecule has 0 fully saturated rings. The van der Waals surface area contributed by atoms with Gasteiger partial charge in [0.2, 0.25) is 12.1 Å². The predicted octanol–water partition coefficient (Wildman–Crippen LogP) is 6.76. The highest BCUT2D eigenvalue weighted by Gasteiger charge is 2.53. The number of esters is 4. The number of rotatable bonds is 5. The maximum Gasteiger partial charge on any atom is 0.346 e. The first-order valence-electron chi connectivity index (χ1n) is 17.5. The second kappa shape index (κ2) is 11.6. The smallest absolute Gasteiger partial charge is 0.346 e. The van der Waals surface area contributed by atoms with E-state index in [1.807, 2.05) is 26.0 Å². The summed E-state index contributed by atoms with van der Waals surface area (Å²) in [5, 5.41) is 21.6. The molecule has 1 spiro atoms. The second-order valence-electron chi connectivity index (χ2n) is 15.9. The monoisotopic (exact) mass is 734 g/mol. The van der Waals surface area contributed by atoms with E-state index in [0.29, 0.717) is 35.7 Å². The van der Waals surface area contributed by atoms with Crippen LogP contribution in [-0.2, 0) is 26.1 Å². The number of ether oxygens (including phenoxy) is 6. The van der Waals surface area contributed by atoms with Crippen molar-refractivity contribution in [3.05, 3.63) is 116 Å². The molecule has 0 bridgehead atoms. The highest BCUT2D eigenvalue weighted by Crippen LogP contribution is 2.55. The molecule has 278 valence electrons. The number of hydrogen-bond acceptors (Lipinski definition) is 12. The Hall–Kier alpha value is -5.72. The van der Waals surface area contributed by atoms with Crippen molar-refractivity contribution < 1.29 is 57.8 Å². The first kappa shape index (κ1) is 35.3. The molecule has 8 rings (SSSR count). The van der Waals surface area contributed by atoms with Gasteiger partial charge in [-0.25, -0.2) is 19.2 Å². The summed E-state index contributed by atoms with van der Waals surface area (Å²) >= 11 is 0. The van der Waals surface area contributed by atoms with E-state index in [1.165, 1.54) is 43.3 Å². The fourth-order valence-electron chi connectivity index (χ4n) is 8.10. The van der Waals surface area contributed by atoms with Crippen molar-refractivity contribution in [1.82, 2.24) is 0 Å². The normalized spacial score (nSPS) is 23.2. The molecule has 4 aromatic carbocycles. The van der Waals surface area contributed by atoms with E-state index in [4.69, 9.17) is 23.7 Å². The van der Waals surface area contributed by atoms with E-state index in [9.17, 15) is 29.4 Å². The van der Waals surface area contributed by atoms with Gasteiger partial charge in [0.05, 0.1) is 22.3 Å². The fraction of sp³-hybridized carbons (Fsp3) is 0.333. The van der Waals surface area contributed by atoms with Gasteiger partial charge in [-0.05, 0) is 67.4 Å². The van der Waals surface area contributed by atoms with E-state index < -0.39 is 52.6 Å². The maximum absolute atomic E-state index is 13.4. The number of fused-ring (bicyclic) bond motifs is 4. The molecule has 2 unspecified atom stereocenters. The van der Waals surface area contributed by atoms with Crippen molar-refractivity contribution in [1.29, 1.82) is 0 Å². The summed E-state index contributed by atoms with van der Waals surface area (Å²) in [6.45, 7) is 13.5. The van der Waals surface area contributed by atoms with Gasteiger partial charge >= 0.3 is 23.9 Å². The molecule has 0 radical (unpaired) electrons. The van der Waals surface area contributed by atoms with Crippen LogP contribution in [0.5, 0.6) is 23.0 Å². The standard InChI is InChI=1S/C42H38O12/c1-20-12-28-32(16-30(20)49-34(43)22-8-10-24-26(14-22)37(46)51-36(24)45)52-42(18-39(28,3)4)19-40(5,6)29-13-21(2)31(17-33(29)53-42)50-35(44)23-9-11-25-27(15-23)41(7,48)54-38(25)47/h8-17,34,43,48H,18-19H2,1-7H3/t34?,41-,42?/m1/s1. The summed E-state index contributed by atoms with van der Waals surface area (Å²) in [5.41, 5.74) is 3.36. The Morgan fingerprint density at radius 2 is 1.26 bits per heavy atom. The molecule has 0 saturated carbocycles. The van der Waals surface area contributed by atoms with Crippen LogP contribution < -0.4 is 18.9 Å². The lowest BCUT2D eigenvalue weighted by Crippen LogP contribution is -2.55. The van der Waals surface area contributed by atoms with Crippen LogP contribution >= 0.6 is 0 Å². The van der Waals surface area contributed by atoms with Gasteiger partial charge in [-0.2, -0.15) is 0 Å². The molecule has 12 heteroatoms. The Morgan fingerprint density at radius 1 is 0.685 bits per heavy atom. The van der Waals surface area contributed by atoms with Crippen molar-refractivity contribution in [2.75, 3.05) is 0 Å². The number of aliphatic hydroxyl groups is 2. The van der Waals surface area contributed by atoms with Crippen molar-refractivity contribution >= 4 is 23.9 Å². The highest BCUT2D eigenvalue weighted by molar-refractivity contribution is 6.14. The second-order valence-corrected chi connectivity index (χ2v) is 15.9. The number of aliphatic hydroxyl groups excluding tert-OH is 1. The highest BCUT2D eigenvalue weighted by atomic mass is 16.7. The minimum Gasteiger partial charge on any atom is -0.460 e. The van der Waals surface area contributed by atoms with E-state index in [1.54, 1.807) is 12.1 Å². The molecule has 4 aliphatic heterocycles. The zero-order valence-corrected chi connectivity index (χ0v) is 30.7. The molecule has 4 aromatic rings. The number of hydrogen-bond donors (Lipinski definition) is 2. The Kier molecular flexibility index (Phi) is 7.61. The number of cyclic esters (lactones) is 3. The van der Waals surface area contributed by atoms with Crippen LogP contribution in [0.3, 0.4) is 0 Å². The van der Waals surface area contributed by atoms with Gasteiger partial charge in [0.15, 0.2) is 0 Å². The molecule has 0 aliphatic carbocycles. The van der Waals surface area contributed by atoms with Crippen LogP contribution in [0.2, 0.25) is 0 Å². The SMILES string of the molecule is Cc1cc2c(cc1OC(=O)c1ccc3c(c1)[C@](C)(O)OC3=O)OC1(CC2(C)C)CC(C)(C)c2cc(C)c(OC(O)c3ccc4c(c3)C(=O)OC4=O)cc2O1. The zero-order valence-electron chi connectivity index (χ0n) is 30.7. The topological polar surface area (TPSA) is 164 Å². The van der Waals surface area contributed by atoms with E-state index in [-0.39, 0.29) is 39.1 Å². The first-order chi connectivity index (χ1) is 25.3. The summed E-state index contributed by atoms with van der Waals surface area (Å²) < 4.78 is 35.2. The van der Waals surface area contributed by atoms with Gasteiger partial charge in [-0.3, -0.25) is 0 Å². The van der Waals surface area contributed by atoms with Crippen molar-refractivity contribution in [3.8, 4) is 23.0 Å². The molecule has 12 nitrogen and oxygen atoms in total. The fourth-order valence-corrected chi connectivity index (χ4v) is 8.10. The average Bonchev–Trinajstić information content (AvgIpc) is 3.50. The molecular formula is C42H38O12. The molecule has 3 atom stereocenters. The number of aryl methyl sites for hydroxylation is 2. The van der Waals surface area contributed by atoms with E-state index >= 15 is 0 Å². The summed E-state index contributed by atoms with van der Waals surface area (Å²) in [5.74, 6) is -4.27. The van der Waals surface area contributed by atoms with Crippen LogP contribution in [0.15, 0.2) is 60.7 Å². The Balaban J connectivity index is 1.08. The summed E-state index contributed by atoms with van der Waals surface area (Å²) in [6.07, 6.45) is -0.495. The molecule has 0 saturated heterocycles. The average molecular weight is 735 g/mol. The zero-order chi connectivity index (χ0) is 38.7. The molecule has 54 heavy (non-hydrogen) atoms. The number of carbonyl (C=O) groups is 4. The van der Waals surface area contributed by atoms with Gasteiger partial charge in [-0.1, -0.05) is 33.8 Å². The molecule has 0 amide bonds. The third-order valence-corrected chi connectivity index (χ3v) is 10.7. The number of benzene rings is 4. The van der Waals surface area contributed by atoms with Gasteiger partial charge in [0.1, 0.15) is 23.0 Å². The minimum absolute atomic E-state index is 0.0602. The van der Waals surface area contributed by atoms with Crippen molar-refractivity contribution in [2.24, 2.45) is 0 Å². The van der Waals surface area contributed by atoms with Crippen molar-refractivity contribution in [2.45, 2.75) is 90.0 Å². The van der Waals surface area contributed by atoms with Crippen molar-refractivity contribution in [3.63, 3.8) is 0 Å². The van der Waals surface area contributed by atoms with E-state index in [0.717, 1.165) is 16.7 Å². The van der Waals surface area contributed by atoms with Crippen LogP contribution in [0.1, 0.15) is 129 Å². The third-order valence-electron chi connectivity index (χ3n) is 10.7. The van der Waals surface area contributed by atoms with E-state index in [2.05, 4.69) is 32.4 Å². The lowest BCUT2D eigenvalue weighted by Gasteiger charge is -2.51. The van der Waals surface area contributed by atoms with Crippen LogP contribution in [0.4, 0.5) is 0 Å². The lowest BCUT2D eigenvalue weighted by molar-refractivity contribution is -0.166. The molecule has 4 heterocycles. The third kappa shape index (κ3) is 5.68. The number of carbonyl (C=O) groups excluding carboxylic acids is 4. The van der Waals surface area contributed by atoms with Crippen LogP contribution in [-0.4, -0.2) is 39.9 Å². The summed E-state index contributed by atoms with van der Waals surface area (Å²) in [4.78, 5) is 49.6. The van der Waals surface area contributed by atoms with Crippen LogP contribution in [0.25, 0.3) is 0 Å². The minimum atomic E-state index is -1.86. The first-order valence-corrected chi connectivity index (χ1v) is 17.5. The largest absolute Gasteiger partial charge is 0.460 e. The molecule has 0 aromatic heterocycles. The summed E-state index contributed by atoms with van der Waals surface area (Å²) in [7, 11) is 0. The van der Waals surface area contributed by atoms with Gasteiger partial charge < -0.3 is 38.6 Å². The van der Waals surface area contributed by atoms with Gasteiger partial charge in [0.25, 0.3) is 5.79 Å². The van der Waals surface area contributed by atoms with Crippen LogP contribution in [0, 0.1) is 13.8 Å². The quantitative estimate of drug-likeness (QED) is 0.0960.